The van der Waals surface area contributed by atoms with Crippen LogP contribution in [0, 0.1) is 47.3 Å². The fraction of sp³-hybridized carbons (Fsp3) is 0.846. The highest BCUT2D eigenvalue weighted by molar-refractivity contribution is 5.82. The molecule has 4 fully saturated rings. The van der Waals surface area contributed by atoms with Crippen molar-refractivity contribution in [3.63, 3.8) is 0 Å². The lowest BCUT2D eigenvalue weighted by molar-refractivity contribution is -0.150. The number of hydrogen-bond acceptors (Lipinski definition) is 3. The van der Waals surface area contributed by atoms with E-state index in [1.807, 2.05) is 31.1 Å². The minimum Gasteiger partial charge on any atom is -0.384 e. The summed E-state index contributed by atoms with van der Waals surface area (Å²) in [7, 11) is 1.91. The van der Waals surface area contributed by atoms with Crippen LogP contribution < -0.4 is 0 Å². The molecule has 0 saturated heterocycles. The summed E-state index contributed by atoms with van der Waals surface area (Å²) in [4.78, 5) is 13.4. The fourth-order valence-electron chi connectivity index (χ4n) is 8.97. The van der Waals surface area contributed by atoms with Gasteiger partial charge in [-0.3, -0.25) is 9.48 Å². The maximum Gasteiger partial charge on any atom is 0.157 e. The Kier molecular flexibility index (Phi) is 5.36. The van der Waals surface area contributed by atoms with E-state index in [0.717, 1.165) is 42.3 Å². The topological polar surface area (TPSA) is 44.1 Å². The van der Waals surface area contributed by atoms with Gasteiger partial charge in [0.15, 0.2) is 5.78 Å². The maximum absolute atomic E-state index is 13.4. The van der Waals surface area contributed by atoms with Gasteiger partial charge in [0.05, 0.1) is 19.3 Å². The van der Waals surface area contributed by atoms with Crippen molar-refractivity contribution in [2.75, 3.05) is 13.7 Å². The van der Waals surface area contributed by atoms with Crippen LogP contribution in [-0.2, 0) is 16.1 Å². The van der Waals surface area contributed by atoms with Crippen molar-refractivity contribution in [1.82, 2.24) is 9.78 Å². The standard InChI is InChI=1S/C26H40N2O2/c1-18-14-27-28(15-18)16-24(29)23-10-9-21-20-8-7-19-6-4-5-12-26(19,17-30-3)22(20)11-13-25(21,23)2/h14-15,19-23H,4-13,16-17H2,1-3H3/t19?,20?,21?,22?,23-,25?,26?/m1/s1. The monoisotopic (exact) mass is 412 g/mol. The molecule has 0 amide bonds. The molecule has 0 spiro atoms. The number of ketones is 1. The normalized spacial score (nSPS) is 43.0. The third-order valence-corrected chi connectivity index (χ3v) is 10.2. The van der Waals surface area contributed by atoms with Gasteiger partial charge in [0, 0.05) is 19.2 Å². The van der Waals surface area contributed by atoms with E-state index in [1.165, 1.54) is 57.8 Å². The Morgan fingerprint density at radius 3 is 2.77 bits per heavy atom. The predicted octanol–water partition coefficient (Wildman–Crippen LogP) is 5.44. The molecule has 166 valence electrons. The van der Waals surface area contributed by atoms with Gasteiger partial charge in [-0.1, -0.05) is 19.8 Å². The van der Waals surface area contributed by atoms with Crippen molar-refractivity contribution >= 4 is 5.78 Å². The summed E-state index contributed by atoms with van der Waals surface area (Å²) in [5, 5.41) is 4.38. The van der Waals surface area contributed by atoms with Crippen LogP contribution in [0.5, 0.6) is 0 Å². The van der Waals surface area contributed by atoms with Crippen LogP contribution in [0.1, 0.15) is 76.7 Å². The van der Waals surface area contributed by atoms with E-state index in [1.54, 1.807) is 0 Å². The van der Waals surface area contributed by atoms with Crippen molar-refractivity contribution in [2.24, 2.45) is 40.4 Å². The van der Waals surface area contributed by atoms with Gasteiger partial charge in [-0.25, -0.2) is 0 Å². The van der Waals surface area contributed by atoms with Gasteiger partial charge >= 0.3 is 0 Å². The van der Waals surface area contributed by atoms with E-state index in [-0.39, 0.29) is 11.3 Å². The largest absolute Gasteiger partial charge is 0.384 e. The van der Waals surface area contributed by atoms with Crippen LogP contribution in [0.3, 0.4) is 0 Å². The lowest BCUT2D eigenvalue weighted by Crippen LogP contribution is -2.56. The van der Waals surface area contributed by atoms with Crippen molar-refractivity contribution in [3.8, 4) is 0 Å². The molecule has 0 bridgehead atoms. The highest BCUT2D eigenvalue weighted by atomic mass is 16.5. The lowest BCUT2D eigenvalue weighted by Gasteiger charge is -2.61. The zero-order valence-corrected chi connectivity index (χ0v) is 19.2. The molecule has 0 N–H and O–H groups in total. The molecule has 5 rings (SSSR count). The van der Waals surface area contributed by atoms with Crippen LogP contribution in [-0.4, -0.2) is 29.3 Å². The SMILES string of the molecule is COCC12CCCCC1CCC1C2CCC2(C)C1CC[C@@H]2C(=O)Cn1cc(C)cn1. The third-order valence-electron chi connectivity index (χ3n) is 10.2. The summed E-state index contributed by atoms with van der Waals surface area (Å²) in [5.74, 6) is 3.85. The molecule has 4 aliphatic rings. The second-order valence-electron chi connectivity index (χ2n) is 11.4. The van der Waals surface area contributed by atoms with E-state index in [9.17, 15) is 4.79 Å². The first-order valence-corrected chi connectivity index (χ1v) is 12.5. The van der Waals surface area contributed by atoms with Gasteiger partial charge in [0.1, 0.15) is 0 Å². The summed E-state index contributed by atoms with van der Waals surface area (Å²) in [6.07, 6.45) is 17.1. The highest BCUT2D eigenvalue weighted by Gasteiger charge is 2.61. The molecule has 7 atom stereocenters. The van der Waals surface area contributed by atoms with E-state index in [2.05, 4.69) is 12.0 Å². The summed E-state index contributed by atoms with van der Waals surface area (Å²) in [6, 6.07) is 0. The number of hydrogen-bond donors (Lipinski definition) is 0. The number of aryl methyl sites for hydroxylation is 1. The van der Waals surface area contributed by atoms with Gasteiger partial charge < -0.3 is 4.74 Å². The summed E-state index contributed by atoms with van der Waals surface area (Å²) < 4.78 is 7.74. The lowest BCUT2D eigenvalue weighted by atomic mass is 9.44. The fourth-order valence-corrected chi connectivity index (χ4v) is 8.97. The van der Waals surface area contributed by atoms with E-state index in [0.29, 0.717) is 17.7 Å². The zero-order chi connectivity index (χ0) is 20.9. The number of carbonyl (C=O) groups is 1. The number of ether oxygens (including phenoxy) is 1. The summed E-state index contributed by atoms with van der Waals surface area (Å²) in [6.45, 7) is 5.92. The van der Waals surface area contributed by atoms with Gasteiger partial charge in [-0.2, -0.15) is 5.10 Å². The molecule has 0 aromatic carbocycles. The molecule has 6 unspecified atom stereocenters. The Morgan fingerprint density at radius 1 is 1.13 bits per heavy atom. The second-order valence-corrected chi connectivity index (χ2v) is 11.4. The minimum absolute atomic E-state index is 0.191. The molecule has 4 aliphatic carbocycles. The van der Waals surface area contributed by atoms with Gasteiger partial charge in [-0.05, 0) is 98.4 Å². The highest BCUT2D eigenvalue weighted by Crippen LogP contribution is 2.67. The number of Topliss-reactive ketones (excluding diaryl/α,β-unsaturated/α-hetero) is 1. The van der Waals surface area contributed by atoms with Gasteiger partial charge in [0.25, 0.3) is 0 Å². The molecule has 4 saturated carbocycles. The number of aromatic nitrogens is 2. The number of nitrogens with zero attached hydrogens (tertiary/aromatic N) is 2. The molecule has 4 heteroatoms. The summed E-state index contributed by atoms with van der Waals surface area (Å²) >= 11 is 0. The predicted molar refractivity (Wildman–Crippen MR) is 118 cm³/mol. The third kappa shape index (κ3) is 3.12. The Balaban J connectivity index is 1.37. The quantitative estimate of drug-likeness (QED) is 0.647. The molecular formula is C26H40N2O2. The average Bonchev–Trinajstić information content (AvgIpc) is 3.30. The molecular weight excluding hydrogens is 372 g/mol. The van der Waals surface area contributed by atoms with Crippen molar-refractivity contribution in [1.29, 1.82) is 0 Å². The Hall–Kier alpha value is -1.16. The number of fused-ring (bicyclic) bond motifs is 5. The molecule has 0 aliphatic heterocycles. The molecule has 4 nitrogen and oxygen atoms in total. The number of methoxy groups -OCH3 is 1. The first kappa shape index (κ1) is 20.7. The molecule has 1 aromatic rings. The zero-order valence-electron chi connectivity index (χ0n) is 19.2. The Morgan fingerprint density at radius 2 is 2.00 bits per heavy atom. The summed E-state index contributed by atoms with van der Waals surface area (Å²) in [5.41, 5.74) is 1.74. The molecule has 30 heavy (non-hydrogen) atoms. The first-order chi connectivity index (χ1) is 14.5. The van der Waals surface area contributed by atoms with Crippen LogP contribution in [0.2, 0.25) is 0 Å². The van der Waals surface area contributed by atoms with Crippen molar-refractivity contribution in [2.45, 2.75) is 84.6 Å². The van der Waals surface area contributed by atoms with Crippen LogP contribution in [0.15, 0.2) is 12.4 Å². The van der Waals surface area contributed by atoms with Crippen LogP contribution in [0.25, 0.3) is 0 Å². The Labute approximate surface area is 182 Å². The van der Waals surface area contributed by atoms with Crippen LogP contribution >= 0.6 is 0 Å². The van der Waals surface area contributed by atoms with E-state index in [4.69, 9.17) is 4.74 Å². The molecule has 1 aromatic heterocycles. The van der Waals surface area contributed by atoms with Crippen LogP contribution in [0.4, 0.5) is 0 Å². The van der Waals surface area contributed by atoms with Gasteiger partial charge in [-0.15, -0.1) is 0 Å². The van der Waals surface area contributed by atoms with E-state index < -0.39 is 0 Å². The van der Waals surface area contributed by atoms with E-state index >= 15 is 0 Å². The Bertz CT molecular complexity index is 784. The van der Waals surface area contributed by atoms with Crippen molar-refractivity contribution < 1.29 is 9.53 Å². The first-order valence-electron chi connectivity index (χ1n) is 12.5. The number of rotatable bonds is 5. The van der Waals surface area contributed by atoms with Crippen molar-refractivity contribution in [3.05, 3.63) is 18.0 Å². The van der Waals surface area contributed by atoms with Gasteiger partial charge in [0.2, 0.25) is 0 Å². The minimum atomic E-state index is 0.191. The molecule has 0 radical (unpaired) electrons. The molecule has 1 heterocycles. The maximum atomic E-state index is 13.4. The smallest absolute Gasteiger partial charge is 0.157 e. The average molecular weight is 413 g/mol. The number of carbonyl (C=O) groups excluding carboxylic acids is 1. The second kappa shape index (κ2) is 7.76.